The third-order valence-electron chi connectivity index (χ3n) is 3.22. The van der Waals surface area contributed by atoms with Crippen LogP contribution >= 0.6 is 0 Å². The van der Waals surface area contributed by atoms with Crippen LogP contribution in [0.4, 0.5) is 0 Å². The maximum atomic E-state index is 10.8. The molecule has 0 atom stereocenters. The van der Waals surface area contributed by atoms with E-state index in [0.29, 0.717) is 6.42 Å². The summed E-state index contributed by atoms with van der Waals surface area (Å²) in [6.45, 7) is 2.21. The molecule has 0 saturated heterocycles. The van der Waals surface area contributed by atoms with E-state index in [1.54, 1.807) is 0 Å². The minimum Gasteiger partial charge on any atom is -0.358 e. The maximum absolute atomic E-state index is 10.8. The van der Waals surface area contributed by atoms with E-state index in [9.17, 15) is 4.79 Å². The number of para-hydroxylation sites is 1. The van der Waals surface area contributed by atoms with Gasteiger partial charge in [0.15, 0.2) is 0 Å². The van der Waals surface area contributed by atoms with Crippen LogP contribution in [0.25, 0.3) is 10.9 Å². The van der Waals surface area contributed by atoms with Gasteiger partial charge in [0.05, 0.1) is 0 Å². The van der Waals surface area contributed by atoms with Gasteiger partial charge in [0.1, 0.15) is 6.29 Å². The SMILES string of the molecule is CCCCCc1[nH]c2ccccc2c1CC=O. The highest BCUT2D eigenvalue weighted by Gasteiger charge is 2.09. The van der Waals surface area contributed by atoms with Crippen molar-refractivity contribution in [3.63, 3.8) is 0 Å². The summed E-state index contributed by atoms with van der Waals surface area (Å²) in [4.78, 5) is 14.2. The zero-order valence-corrected chi connectivity index (χ0v) is 10.3. The van der Waals surface area contributed by atoms with E-state index < -0.39 is 0 Å². The fourth-order valence-corrected chi connectivity index (χ4v) is 2.34. The molecule has 0 bridgehead atoms. The van der Waals surface area contributed by atoms with Crippen molar-refractivity contribution in [1.29, 1.82) is 0 Å². The molecule has 2 rings (SSSR count). The third-order valence-corrected chi connectivity index (χ3v) is 3.22. The largest absolute Gasteiger partial charge is 0.358 e. The molecular formula is C15H19NO. The zero-order valence-electron chi connectivity index (χ0n) is 10.3. The Balaban J connectivity index is 2.32. The van der Waals surface area contributed by atoms with E-state index in [1.165, 1.54) is 35.9 Å². The molecule has 2 heteroatoms. The number of H-pyrrole nitrogens is 1. The molecule has 0 aliphatic heterocycles. The second-order valence-electron chi connectivity index (χ2n) is 4.46. The number of aryl methyl sites for hydroxylation is 1. The van der Waals surface area contributed by atoms with Gasteiger partial charge < -0.3 is 9.78 Å². The Hall–Kier alpha value is -1.57. The van der Waals surface area contributed by atoms with Crippen LogP contribution in [-0.4, -0.2) is 11.3 Å². The predicted molar refractivity (Wildman–Crippen MR) is 71.3 cm³/mol. The number of rotatable bonds is 6. The van der Waals surface area contributed by atoms with Gasteiger partial charge in [0.2, 0.25) is 0 Å². The van der Waals surface area contributed by atoms with Crippen LogP contribution in [0.2, 0.25) is 0 Å². The highest BCUT2D eigenvalue weighted by molar-refractivity contribution is 5.86. The molecule has 90 valence electrons. The number of benzene rings is 1. The van der Waals surface area contributed by atoms with Crippen molar-refractivity contribution in [1.82, 2.24) is 4.98 Å². The van der Waals surface area contributed by atoms with Crippen LogP contribution in [0.1, 0.15) is 37.4 Å². The van der Waals surface area contributed by atoms with Crippen molar-refractivity contribution in [2.24, 2.45) is 0 Å². The molecule has 0 amide bonds. The van der Waals surface area contributed by atoms with Crippen LogP contribution in [0.15, 0.2) is 24.3 Å². The van der Waals surface area contributed by atoms with E-state index in [-0.39, 0.29) is 0 Å². The Kier molecular flexibility index (Phi) is 3.97. The summed E-state index contributed by atoms with van der Waals surface area (Å²) < 4.78 is 0. The van der Waals surface area contributed by atoms with Gasteiger partial charge in [-0.2, -0.15) is 0 Å². The number of hydrogen-bond acceptors (Lipinski definition) is 1. The van der Waals surface area contributed by atoms with E-state index >= 15 is 0 Å². The topological polar surface area (TPSA) is 32.9 Å². The van der Waals surface area contributed by atoms with Gasteiger partial charge >= 0.3 is 0 Å². The third kappa shape index (κ3) is 2.57. The number of nitrogens with one attached hydrogen (secondary N) is 1. The van der Waals surface area contributed by atoms with Crippen molar-refractivity contribution in [3.05, 3.63) is 35.5 Å². The molecule has 0 aliphatic rings. The lowest BCUT2D eigenvalue weighted by atomic mass is 10.0. The molecule has 0 spiro atoms. The van der Waals surface area contributed by atoms with Gasteiger partial charge in [-0.1, -0.05) is 38.0 Å². The maximum Gasteiger partial charge on any atom is 0.124 e. The van der Waals surface area contributed by atoms with Crippen molar-refractivity contribution in [2.45, 2.75) is 39.0 Å². The molecule has 2 nitrogen and oxygen atoms in total. The first-order valence-electron chi connectivity index (χ1n) is 6.39. The van der Waals surface area contributed by atoms with Gasteiger partial charge in [-0.15, -0.1) is 0 Å². The summed E-state index contributed by atoms with van der Waals surface area (Å²) in [5.41, 5.74) is 3.58. The fourth-order valence-electron chi connectivity index (χ4n) is 2.34. The average molecular weight is 229 g/mol. The summed E-state index contributed by atoms with van der Waals surface area (Å²) in [5, 5.41) is 1.20. The minimum absolute atomic E-state index is 0.519. The standard InChI is InChI=1S/C15H19NO/c1-2-3-4-8-15-13(10-11-17)12-7-5-6-9-14(12)16-15/h5-7,9,11,16H,2-4,8,10H2,1H3. The number of aromatic amines is 1. The second-order valence-corrected chi connectivity index (χ2v) is 4.46. The summed E-state index contributed by atoms with van der Waals surface area (Å²) in [5.74, 6) is 0. The Labute approximate surface area is 102 Å². The van der Waals surface area contributed by atoms with Gasteiger partial charge in [-0.25, -0.2) is 0 Å². The van der Waals surface area contributed by atoms with Crippen LogP contribution in [0.3, 0.4) is 0 Å². The van der Waals surface area contributed by atoms with Gasteiger partial charge in [-0.05, 0) is 24.5 Å². The van der Waals surface area contributed by atoms with E-state index in [1.807, 2.05) is 12.1 Å². The number of aromatic nitrogens is 1. The molecular weight excluding hydrogens is 210 g/mol. The lowest BCUT2D eigenvalue weighted by Gasteiger charge is -2.01. The van der Waals surface area contributed by atoms with Gasteiger partial charge in [0, 0.05) is 23.0 Å². The number of unbranched alkanes of at least 4 members (excludes halogenated alkanes) is 2. The lowest BCUT2D eigenvalue weighted by Crippen LogP contribution is -1.93. The normalized spacial score (nSPS) is 10.9. The quantitative estimate of drug-likeness (QED) is 0.595. The first-order chi connectivity index (χ1) is 8.36. The monoisotopic (exact) mass is 229 g/mol. The van der Waals surface area contributed by atoms with Gasteiger partial charge in [-0.3, -0.25) is 0 Å². The second kappa shape index (κ2) is 5.67. The number of carbonyl (C=O) groups is 1. The summed E-state index contributed by atoms with van der Waals surface area (Å²) >= 11 is 0. The molecule has 0 aliphatic carbocycles. The van der Waals surface area contributed by atoms with Crippen LogP contribution in [0.5, 0.6) is 0 Å². The molecule has 1 N–H and O–H groups in total. The molecule has 0 unspecified atom stereocenters. The predicted octanol–water partition coefficient (Wildman–Crippen LogP) is 3.64. The van der Waals surface area contributed by atoms with E-state index in [2.05, 4.69) is 24.0 Å². The smallest absolute Gasteiger partial charge is 0.124 e. The van der Waals surface area contributed by atoms with Crippen molar-refractivity contribution in [3.8, 4) is 0 Å². The van der Waals surface area contributed by atoms with Crippen LogP contribution in [-0.2, 0) is 17.6 Å². The Morgan fingerprint density at radius 3 is 2.82 bits per heavy atom. The Morgan fingerprint density at radius 2 is 2.06 bits per heavy atom. The first kappa shape index (κ1) is 11.9. The number of fused-ring (bicyclic) bond motifs is 1. The molecule has 1 aromatic carbocycles. The van der Waals surface area contributed by atoms with Crippen molar-refractivity contribution in [2.75, 3.05) is 0 Å². The van der Waals surface area contributed by atoms with E-state index in [0.717, 1.165) is 18.2 Å². The fraction of sp³-hybridized carbons (Fsp3) is 0.400. The highest BCUT2D eigenvalue weighted by Crippen LogP contribution is 2.23. The minimum atomic E-state index is 0.519. The Morgan fingerprint density at radius 1 is 1.24 bits per heavy atom. The highest BCUT2D eigenvalue weighted by atomic mass is 16.1. The molecule has 1 heterocycles. The number of aldehydes is 1. The molecule has 0 radical (unpaired) electrons. The number of hydrogen-bond donors (Lipinski definition) is 1. The molecule has 1 aromatic heterocycles. The van der Waals surface area contributed by atoms with E-state index in [4.69, 9.17) is 0 Å². The molecule has 17 heavy (non-hydrogen) atoms. The lowest BCUT2D eigenvalue weighted by molar-refractivity contribution is -0.107. The molecule has 2 aromatic rings. The van der Waals surface area contributed by atoms with Crippen molar-refractivity contribution >= 4 is 17.2 Å². The average Bonchev–Trinajstić information content (AvgIpc) is 2.69. The van der Waals surface area contributed by atoms with Crippen LogP contribution < -0.4 is 0 Å². The van der Waals surface area contributed by atoms with Crippen LogP contribution in [0, 0.1) is 0 Å². The first-order valence-corrected chi connectivity index (χ1v) is 6.39. The zero-order chi connectivity index (χ0) is 12.1. The molecule has 0 saturated carbocycles. The summed E-state index contributed by atoms with van der Waals surface area (Å²) in [7, 11) is 0. The summed E-state index contributed by atoms with van der Waals surface area (Å²) in [6.07, 6.45) is 6.23. The van der Waals surface area contributed by atoms with Crippen molar-refractivity contribution < 1.29 is 4.79 Å². The number of carbonyl (C=O) groups excluding carboxylic acids is 1. The van der Waals surface area contributed by atoms with Gasteiger partial charge in [0.25, 0.3) is 0 Å². The Bertz CT molecular complexity index is 499. The summed E-state index contributed by atoms with van der Waals surface area (Å²) in [6, 6.07) is 8.22. The molecule has 0 fully saturated rings.